The Kier molecular flexibility index (Phi) is 3.85. The van der Waals surface area contributed by atoms with Crippen LogP contribution in [0.25, 0.3) is 0 Å². The number of ether oxygens (including phenoxy) is 1. The summed E-state index contributed by atoms with van der Waals surface area (Å²) in [6.45, 7) is 1.82. The summed E-state index contributed by atoms with van der Waals surface area (Å²) < 4.78 is 4.73. The first-order chi connectivity index (χ1) is 6.69. The lowest BCUT2D eigenvalue weighted by Gasteiger charge is -2.03. The van der Waals surface area contributed by atoms with Gasteiger partial charge in [-0.1, -0.05) is 11.6 Å². The number of esters is 1. The van der Waals surface area contributed by atoms with Crippen LogP contribution >= 0.6 is 11.6 Å². The molecule has 1 heterocycles. The summed E-state index contributed by atoms with van der Waals surface area (Å²) in [5.41, 5.74) is 0.633. The van der Waals surface area contributed by atoms with Crippen molar-refractivity contribution >= 4 is 17.6 Å². The van der Waals surface area contributed by atoms with Gasteiger partial charge in [-0.2, -0.15) is 0 Å². The fourth-order valence-electron chi connectivity index (χ4n) is 0.914. The number of aromatic nitrogens is 1. The third kappa shape index (κ3) is 2.43. The molecule has 0 aliphatic rings. The lowest BCUT2D eigenvalue weighted by molar-refractivity contribution is 0.0519. The summed E-state index contributed by atoms with van der Waals surface area (Å²) in [5.74, 6) is -0.554. The lowest BCUT2D eigenvalue weighted by Crippen LogP contribution is -2.08. The zero-order valence-electron chi connectivity index (χ0n) is 7.66. The molecular formula is C9H10ClNO3. The Labute approximate surface area is 86.5 Å². The van der Waals surface area contributed by atoms with Crippen LogP contribution in [0.3, 0.4) is 0 Å². The van der Waals surface area contributed by atoms with Gasteiger partial charge >= 0.3 is 5.97 Å². The van der Waals surface area contributed by atoms with E-state index in [0.29, 0.717) is 5.56 Å². The number of pyridine rings is 1. The summed E-state index contributed by atoms with van der Waals surface area (Å²) >= 11 is 5.76. The first-order valence-corrected chi connectivity index (χ1v) is 4.49. The van der Waals surface area contributed by atoms with Gasteiger partial charge in [-0.25, -0.2) is 9.78 Å². The number of rotatable bonds is 3. The summed E-state index contributed by atoms with van der Waals surface area (Å²) in [4.78, 5) is 15.0. The van der Waals surface area contributed by atoms with E-state index in [2.05, 4.69) is 4.98 Å². The van der Waals surface area contributed by atoms with Crippen molar-refractivity contribution < 1.29 is 14.6 Å². The third-order valence-corrected chi connectivity index (χ3v) is 1.84. The van der Waals surface area contributed by atoms with Gasteiger partial charge in [0.1, 0.15) is 0 Å². The molecule has 4 nitrogen and oxygen atoms in total. The average Bonchev–Trinajstić information content (AvgIpc) is 2.17. The molecule has 5 heteroatoms. The van der Waals surface area contributed by atoms with Gasteiger partial charge in [0.2, 0.25) is 0 Å². The van der Waals surface area contributed by atoms with E-state index >= 15 is 0 Å². The summed E-state index contributed by atoms with van der Waals surface area (Å²) in [5, 5.41) is 8.97. The van der Waals surface area contributed by atoms with Crippen molar-refractivity contribution in [3.05, 3.63) is 28.5 Å². The quantitative estimate of drug-likeness (QED) is 0.775. The van der Waals surface area contributed by atoms with E-state index in [0.717, 1.165) is 0 Å². The third-order valence-electron chi connectivity index (χ3n) is 1.55. The van der Waals surface area contributed by atoms with Crippen molar-refractivity contribution in [3.8, 4) is 0 Å². The average molecular weight is 216 g/mol. The molecule has 1 N–H and O–H groups in total. The standard InChI is InChI=1S/C9H10ClNO3/c1-2-14-9(13)8-7(10)3-6(5-12)4-11-8/h3-4,12H,2,5H2,1H3. The van der Waals surface area contributed by atoms with Crippen molar-refractivity contribution in [2.75, 3.05) is 6.61 Å². The molecule has 0 aromatic carbocycles. The van der Waals surface area contributed by atoms with Gasteiger partial charge in [-0.3, -0.25) is 0 Å². The highest BCUT2D eigenvalue weighted by atomic mass is 35.5. The Morgan fingerprint density at radius 1 is 1.71 bits per heavy atom. The van der Waals surface area contributed by atoms with Crippen LogP contribution in [-0.2, 0) is 11.3 Å². The van der Waals surface area contributed by atoms with Gasteiger partial charge < -0.3 is 9.84 Å². The van der Waals surface area contributed by atoms with Gasteiger partial charge in [0, 0.05) is 6.20 Å². The van der Waals surface area contributed by atoms with Crippen LogP contribution in [0, 0.1) is 0 Å². The Morgan fingerprint density at radius 3 is 2.93 bits per heavy atom. The molecule has 0 saturated heterocycles. The molecule has 0 spiro atoms. The molecule has 0 atom stereocenters. The summed E-state index contributed by atoms with van der Waals surface area (Å²) in [6.07, 6.45) is 1.39. The van der Waals surface area contributed by atoms with E-state index in [1.807, 2.05) is 0 Å². The van der Waals surface area contributed by atoms with Gasteiger partial charge in [0.15, 0.2) is 5.69 Å². The van der Waals surface area contributed by atoms with Gasteiger partial charge in [0.25, 0.3) is 0 Å². The van der Waals surface area contributed by atoms with Crippen LogP contribution < -0.4 is 0 Å². The van der Waals surface area contributed by atoms with E-state index in [4.69, 9.17) is 21.4 Å². The molecule has 1 rings (SSSR count). The number of hydrogen-bond acceptors (Lipinski definition) is 4. The molecule has 0 fully saturated rings. The number of nitrogens with zero attached hydrogens (tertiary/aromatic N) is 1. The molecule has 0 radical (unpaired) electrons. The SMILES string of the molecule is CCOC(=O)c1ncc(CO)cc1Cl. The van der Waals surface area contributed by atoms with Crippen LogP contribution in [0.4, 0.5) is 0 Å². The Morgan fingerprint density at radius 2 is 2.43 bits per heavy atom. The predicted octanol–water partition coefficient (Wildman–Crippen LogP) is 1.40. The van der Waals surface area contributed by atoms with E-state index in [-0.39, 0.29) is 23.9 Å². The van der Waals surface area contributed by atoms with E-state index in [9.17, 15) is 4.79 Å². The van der Waals surface area contributed by atoms with Gasteiger partial charge in [-0.15, -0.1) is 0 Å². The van der Waals surface area contributed by atoms with Crippen molar-refractivity contribution in [3.63, 3.8) is 0 Å². The largest absolute Gasteiger partial charge is 0.461 e. The second-order valence-electron chi connectivity index (χ2n) is 2.55. The highest BCUT2D eigenvalue weighted by molar-refractivity contribution is 6.33. The zero-order valence-corrected chi connectivity index (χ0v) is 8.41. The zero-order chi connectivity index (χ0) is 10.6. The monoisotopic (exact) mass is 215 g/mol. The van der Waals surface area contributed by atoms with Crippen molar-refractivity contribution in [2.24, 2.45) is 0 Å². The van der Waals surface area contributed by atoms with Crippen LogP contribution in [-0.4, -0.2) is 22.7 Å². The maximum atomic E-state index is 11.2. The van der Waals surface area contributed by atoms with Crippen molar-refractivity contribution in [1.82, 2.24) is 4.98 Å². The second kappa shape index (κ2) is 4.93. The number of hydrogen-bond donors (Lipinski definition) is 1. The van der Waals surface area contributed by atoms with Crippen molar-refractivity contribution in [1.29, 1.82) is 0 Å². The first-order valence-electron chi connectivity index (χ1n) is 4.11. The number of aliphatic hydroxyl groups excluding tert-OH is 1. The van der Waals surface area contributed by atoms with E-state index < -0.39 is 5.97 Å². The number of carbonyl (C=O) groups excluding carboxylic acids is 1. The topological polar surface area (TPSA) is 59.4 Å². The molecular weight excluding hydrogens is 206 g/mol. The fraction of sp³-hybridized carbons (Fsp3) is 0.333. The normalized spacial score (nSPS) is 9.93. The van der Waals surface area contributed by atoms with Gasteiger partial charge in [-0.05, 0) is 18.6 Å². The molecule has 0 aliphatic carbocycles. The Hall–Kier alpha value is -1.13. The highest BCUT2D eigenvalue weighted by Crippen LogP contribution is 2.16. The molecule has 0 unspecified atom stereocenters. The van der Waals surface area contributed by atoms with Crippen LogP contribution in [0.15, 0.2) is 12.3 Å². The van der Waals surface area contributed by atoms with Gasteiger partial charge in [0.05, 0.1) is 18.2 Å². The minimum absolute atomic E-state index is 0.0747. The summed E-state index contributed by atoms with van der Waals surface area (Å²) in [6, 6.07) is 1.49. The molecule has 76 valence electrons. The Bertz CT molecular complexity index is 341. The molecule has 0 bridgehead atoms. The maximum Gasteiger partial charge on any atom is 0.358 e. The predicted molar refractivity (Wildman–Crippen MR) is 51.1 cm³/mol. The first kappa shape index (κ1) is 10.9. The fourth-order valence-corrected chi connectivity index (χ4v) is 1.18. The summed E-state index contributed by atoms with van der Waals surface area (Å²) in [7, 11) is 0. The highest BCUT2D eigenvalue weighted by Gasteiger charge is 2.13. The molecule has 1 aromatic heterocycles. The van der Waals surface area contributed by atoms with Crippen LogP contribution in [0.1, 0.15) is 23.0 Å². The smallest absolute Gasteiger partial charge is 0.358 e. The molecule has 0 amide bonds. The number of carbonyl (C=O) groups is 1. The van der Waals surface area contributed by atoms with Crippen molar-refractivity contribution in [2.45, 2.75) is 13.5 Å². The minimum atomic E-state index is -0.554. The number of halogens is 1. The maximum absolute atomic E-state index is 11.2. The Balaban J connectivity index is 2.94. The van der Waals surface area contributed by atoms with Crippen LogP contribution in [0.5, 0.6) is 0 Å². The van der Waals surface area contributed by atoms with E-state index in [1.54, 1.807) is 6.92 Å². The molecule has 0 aliphatic heterocycles. The van der Waals surface area contributed by atoms with Crippen LogP contribution in [0.2, 0.25) is 5.02 Å². The molecule has 14 heavy (non-hydrogen) atoms. The van der Waals surface area contributed by atoms with E-state index in [1.165, 1.54) is 12.3 Å². The molecule has 1 aromatic rings. The lowest BCUT2D eigenvalue weighted by atomic mass is 10.2. The number of aliphatic hydroxyl groups is 1. The molecule has 0 saturated carbocycles. The minimum Gasteiger partial charge on any atom is -0.461 e. The second-order valence-corrected chi connectivity index (χ2v) is 2.96.